The minimum absolute atomic E-state index is 0.0586. The lowest BCUT2D eigenvalue weighted by Gasteiger charge is -2.10. The van der Waals surface area contributed by atoms with Gasteiger partial charge in [-0.2, -0.15) is 10.5 Å². The summed E-state index contributed by atoms with van der Waals surface area (Å²) in [5.41, 5.74) is -0.240. The van der Waals surface area contributed by atoms with Gasteiger partial charge in [0.1, 0.15) is 18.2 Å². The number of hydrogen-bond acceptors (Lipinski definition) is 4. The molecule has 4 nitrogen and oxygen atoms in total. The summed E-state index contributed by atoms with van der Waals surface area (Å²) in [6.07, 6.45) is 0.796. The van der Waals surface area contributed by atoms with E-state index in [1.165, 1.54) is 0 Å². The van der Waals surface area contributed by atoms with Gasteiger partial charge in [-0.1, -0.05) is 19.0 Å². The van der Waals surface area contributed by atoms with Crippen LogP contribution in [0.3, 0.4) is 0 Å². The highest BCUT2D eigenvalue weighted by molar-refractivity contribution is 6.09. The number of hydrogen-bond donors (Lipinski definition) is 0. The first-order valence-corrected chi connectivity index (χ1v) is 4.14. The van der Waals surface area contributed by atoms with Crippen molar-refractivity contribution >= 4 is 5.71 Å². The fourth-order valence-corrected chi connectivity index (χ4v) is 0.915. The third kappa shape index (κ3) is 5.69. The summed E-state index contributed by atoms with van der Waals surface area (Å²) in [7, 11) is 0. The van der Waals surface area contributed by atoms with Crippen molar-refractivity contribution in [3.63, 3.8) is 0 Å². The second kappa shape index (κ2) is 6.02. The summed E-state index contributed by atoms with van der Waals surface area (Å²) in [5, 5.41) is 20.1. The van der Waals surface area contributed by atoms with E-state index in [1.54, 1.807) is 12.1 Å². The van der Waals surface area contributed by atoms with Crippen molar-refractivity contribution in [3.05, 3.63) is 0 Å². The fourth-order valence-electron chi connectivity index (χ4n) is 0.915. The Kier molecular flexibility index (Phi) is 5.30. The molecule has 0 amide bonds. The number of nitriles is 2. The van der Waals surface area contributed by atoms with E-state index in [9.17, 15) is 0 Å². The fraction of sp³-hybridized carbons (Fsp3) is 0.667. The Labute approximate surface area is 78.4 Å². The Morgan fingerprint density at radius 2 is 1.85 bits per heavy atom. The molecule has 0 fully saturated rings. The van der Waals surface area contributed by atoms with Crippen LogP contribution in [0.5, 0.6) is 0 Å². The van der Waals surface area contributed by atoms with E-state index < -0.39 is 0 Å². The summed E-state index contributed by atoms with van der Waals surface area (Å²) in [4.78, 5) is 4.94. The quantitative estimate of drug-likeness (QED) is 0.488. The van der Waals surface area contributed by atoms with Crippen LogP contribution in [0.4, 0.5) is 0 Å². The molecule has 0 aliphatic heterocycles. The zero-order chi connectivity index (χ0) is 10.3. The first kappa shape index (κ1) is 11.4. The molecule has 0 radical (unpaired) electrons. The van der Waals surface area contributed by atoms with Gasteiger partial charge in [0.2, 0.25) is 0 Å². The van der Waals surface area contributed by atoms with Crippen molar-refractivity contribution in [2.45, 2.75) is 33.3 Å². The largest absolute Gasteiger partial charge is 0.391 e. The molecule has 0 aliphatic rings. The van der Waals surface area contributed by atoms with Gasteiger partial charge >= 0.3 is 0 Å². The average molecular weight is 179 g/mol. The van der Waals surface area contributed by atoms with E-state index in [0.29, 0.717) is 5.92 Å². The molecule has 0 rings (SSSR count). The Balaban J connectivity index is 3.96. The molecule has 1 atom stereocenters. The lowest BCUT2D eigenvalue weighted by molar-refractivity contribution is 0.0582. The molecule has 0 aromatic rings. The Morgan fingerprint density at radius 1 is 1.31 bits per heavy atom. The molecule has 70 valence electrons. The van der Waals surface area contributed by atoms with Crippen molar-refractivity contribution in [1.82, 2.24) is 0 Å². The van der Waals surface area contributed by atoms with Crippen LogP contribution in [0.1, 0.15) is 27.2 Å². The zero-order valence-electron chi connectivity index (χ0n) is 8.11. The van der Waals surface area contributed by atoms with Crippen molar-refractivity contribution in [3.8, 4) is 12.1 Å². The van der Waals surface area contributed by atoms with Crippen molar-refractivity contribution in [2.24, 2.45) is 11.1 Å². The van der Waals surface area contributed by atoms with Crippen LogP contribution in [0.25, 0.3) is 0 Å². The van der Waals surface area contributed by atoms with Crippen molar-refractivity contribution in [2.75, 3.05) is 0 Å². The third-order valence-electron chi connectivity index (χ3n) is 1.34. The van der Waals surface area contributed by atoms with Gasteiger partial charge in [-0.3, -0.25) is 0 Å². The van der Waals surface area contributed by atoms with E-state index in [-0.39, 0.29) is 11.8 Å². The van der Waals surface area contributed by atoms with E-state index in [2.05, 4.69) is 19.0 Å². The van der Waals surface area contributed by atoms with Crippen LogP contribution in [0.2, 0.25) is 0 Å². The van der Waals surface area contributed by atoms with Gasteiger partial charge in [-0.05, 0) is 19.3 Å². The van der Waals surface area contributed by atoms with Gasteiger partial charge < -0.3 is 4.84 Å². The van der Waals surface area contributed by atoms with Gasteiger partial charge in [0, 0.05) is 0 Å². The van der Waals surface area contributed by atoms with Gasteiger partial charge in [0.05, 0.1) is 0 Å². The molecular weight excluding hydrogens is 166 g/mol. The summed E-state index contributed by atoms with van der Waals surface area (Å²) in [5.74, 6) is 0.512. The maximum absolute atomic E-state index is 8.34. The van der Waals surface area contributed by atoms with E-state index in [1.807, 2.05) is 6.92 Å². The molecule has 13 heavy (non-hydrogen) atoms. The molecule has 0 heterocycles. The number of rotatable bonds is 4. The minimum Gasteiger partial charge on any atom is -0.391 e. The molecule has 0 saturated carbocycles. The van der Waals surface area contributed by atoms with Crippen molar-refractivity contribution in [1.29, 1.82) is 10.5 Å². The highest BCUT2D eigenvalue weighted by atomic mass is 16.6. The predicted octanol–water partition coefficient (Wildman–Crippen LogP) is 1.84. The van der Waals surface area contributed by atoms with Gasteiger partial charge in [-0.15, -0.1) is 0 Å². The first-order chi connectivity index (χ1) is 6.10. The summed E-state index contributed by atoms with van der Waals surface area (Å²) < 4.78 is 0. The predicted molar refractivity (Wildman–Crippen MR) is 48.7 cm³/mol. The van der Waals surface area contributed by atoms with Crippen LogP contribution >= 0.6 is 0 Å². The normalized spacial score (nSPS) is 11.2. The smallest absolute Gasteiger partial charge is 0.256 e. The molecule has 0 N–H and O–H groups in total. The van der Waals surface area contributed by atoms with E-state index in [0.717, 1.165) is 6.42 Å². The highest BCUT2D eigenvalue weighted by Crippen LogP contribution is 2.07. The van der Waals surface area contributed by atoms with Crippen LogP contribution in [0, 0.1) is 28.6 Å². The molecule has 0 spiro atoms. The summed E-state index contributed by atoms with van der Waals surface area (Å²) in [6, 6.07) is 3.25. The average Bonchev–Trinajstić information content (AvgIpc) is 2.05. The first-order valence-electron chi connectivity index (χ1n) is 4.14. The minimum atomic E-state index is -0.240. The van der Waals surface area contributed by atoms with E-state index in [4.69, 9.17) is 15.4 Å². The Hall–Kier alpha value is -1.55. The standard InChI is InChI=1S/C9H13N3O/c1-7(2)4-8(3)13-12-9(5-10)6-11/h7-8H,4H2,1-3H3. The lowest BCUT2D eigenvalue weighted by Crippen LogP contribution is -2.09. The van der Waals surface area contributed by atoms with Crippen molar-refractivity contribution < 1.29 is 4.84 Å². The molecule has 0 saturated heterocycles. The molecule has 0 aromatic heterocycles. The maximum Gasteiger partial charge on any atom is 0.256 e. The molecule has 0 aromatic carbocycles. The zero-order valence-corrected chi connectivity index (χ0v) is 8.11. The summed E-state index contributed by atoms with van der Waals surface area (Å²) in [6.45, 7) is 5.99. The molecule has 4 heteroatoms. The highest BCUT2D eigenvalue weighted by Gasteiger charge is 2.05. The van der Waals surface area contributed by atoms with Crippen LogP contribution < -0.4 is 0 Å². The van der Waals surface area contributed by atoms with Crippen LogP contribution in [-0.2, 0) is 4.84 Å². The molecule has 1 unspecified atom stereocenters. The number of oxime groups is 1. The third-order valence-corrected chi connectivity index (χ3v) is 1.34. The Bertz CT molecular complexity index is 241. The van der Waals surface area contributed by atoms with Gasteiger partial charge in [0.25, 0.3) is 5.71 Å². The molecule has 0 bridgehead atoms. The molecular formula is C9H13N3O. The monoisotopic (exact) mass is 179 g/mol. The van der Waals surface area contributed by atoms with Gasteiger partial charge in [-0.25, -0.2) is 0 Å². The van der Waals surface area contributed by atoms with Gasteiger partial charge in [0.15, 0.2) is 0 Å². The van der Waals surface area contributed by atoms with E-state index >= 15 is 0 Å². The number of nitrogens with zero attached hydrogens (tertiary/aromatic N) is 3. The Morgan fingerprint density at radius 3 is 2.23 bits per heavy atom. The SMILES string of the molecule is CC(C)CC(C)ON=C(C#N)C#N. The lowest BCUT2D eigenvalue weighted by atomic mass is 10.1. The molecule has 0 aliphatic carbocycles. The second-order valence-electron chi connectivity index (χ2n) is 3.21. The second-order valence-corrected chi connectivity index (χ2v) is 3.21. The maximum atomic E-state index is 8.34. The summed E-state index contributed by atoms with van der Waals surface area (Å²) >= 11 is 0. The van der Waals surface area contributed by atoms with Crippen LogP contribution in [0.15, 0.2) is 5.16 Å². The van der Waals surface area contributed by atoms with Crippen LogP contribution in [-0.4, -0.2) is 11.8 Å². The topological polar surface area (TPSA) is 69.2 Å².